The molecule has 0 radical (unpaired) electrons. The molecule has 5 heteroatoms. The number of rotatable bonds is 3. The summed E-state index contributed by atoms with van der Waals surface area (Å²) in [6.45, 7) is 1.92. The standard InChI is InChI=1S/C9H10F3NS/c1-2-6-14-8-7(9(10,11)12)4-3-5-13-8/h3-5H,2,6H2,1H3. The molecule has 1 aromatic rings. The molecule has 1 aromatic heterocycles. The van der Waals surface area contributed by atoms with E-state index in [4.69, 9.17) is 0 Å². The van der Waals surface area contributed by atoms with E-state index in [1.165, 1.54) is 12.3 Å². The van der Waals surface area contributed by atoms with Crippen LogP contribution in [0.25, 0.3) is 0 Å². The monoisotopic (exact) mass is 221 g/mol. The van der Waals surface area contributed by atoms with Gasteiger partial charge in [-0.05, 0) is 24.3 Å². The van der Waals surface area contributed by atoms with E-state index in [9.17, 15) is 13.2 Å². The summed E-state index contributed by atoms with van der Waals surface area (Å²) in [4.78, 5) is 3.73. The van der Waals surface area contributed by atoms with E-state index in [0.29, 0.717) is 5.75 Å². The number of aromatic nitrogens is 1. The van der Waals surface area contributed by atoms with Crippen LogP contribution in [0.3, 0.4) is 0 Å². The zero-order chi connectivity index (χ0) is 10.6. The molecule has 78 valence electrons. The Balaban J connectivity index is 2.92. The van der Waals surface area contributed by atoms with Gasteiger partial charge < -0.3 is 0 Å². The Morgan fingerprint density at radius 1 is 1.43 bits per heavy atom. The fourth-order valence-corrected chi connectivity index (χ4v) is 1.79. The number of pyridine rings is 1. The number of nitrogens with zero attached hydrogens (tertiary/aromatic N) is 1. The second-order valence-electron chi connectivity index (χ2n) is 2.70. The zero-order valence-electron chi connectivity index (χ0n) is 7.64. The third kappa shape index (κ3) is 2.90. The molecule has 0 aliphatic heterocycles. The van der Waals surface area contributed by atoms with Gasteiger partial charge in [0.15, 0.2) is 0 Å². The van der Waals surface area contributed by atoms with Crippen LogP contribution >= 0.6 is 11.8 Å². The summed E-state index contributed by atoms with van der Waals surface area (Å²) in [7, 11) is 0. The zero-order valence-corrected chi connectivity index (χ0v) is 8.45. The van der Waals surface area contributed by atoms with Crippen LogP contribution in [0, 0.1) is 0 Å². The second-order valence-corrected chi connectivity index (χ2v) is 3.79. The summed E-state index contributed by atoms with van der Waals surface area (Å²) in [5.74, 6) is 0.653. The molecule has 0 spiro atoms. The Morgan fingerprint density at radius 2 is 2.14 bits per heavy atom. The molecule has 0 aliphatic rings. The molecule has 0 fully saturated rings. The van der Waals surface area contributed by atoms with E-state index >= 15 is 0 Å². The normalized spacial score (nSPS) is 11.7. The summed E-state index contributed by atoms with van der Waals surface area (Å²) >= 11 is 1.14. The van der Waals surface area contributed by atoms with Crippen molar-refractivity contribution in [2.24, 2.45) is 0 Å². The lowest BCUT2D eigenvalue weighted by molar-refractivity contribution is -0.140. The quantitative estimate of drug-likeness (QED) is 0.723. The van der Waals surface area contributed by atoms with Crippen LogP contribution < -0.4 is 0 Å². The van der Waals surface area contributed by atoms with Crippen molar-refractivity contribution in [3.63, 3.8) is 0 Å². The maximum absolute atomic E-state index is 12.4. The predicted molar refractivity (Wildman–Crippen MR) is 50.3 cm³/mol. The molecule has 0 aromatic carbocycles. The summed E-state index contributed by atoms with van der Waals surface area (Å²) in [6.07, 6.45) is -2.09. The van der Waals surface area contributed by atoms with Gasteiger partial charge >= 0.3 is 6.18 Å². The number of hydrogen-bond donors (Lipinski definition) is 0. The average molecular weight is 221 g/mol. The van der Waals surface area contributed by atoms with Crippen molar-refractivity contribution < 1.29 is 13.2 Å². The van der Waals surface area contributed by atoms with Crippen LogP contribution in [0.2, 0.25) is 0 Å². The van der Waals surface area contributed by atoms with Crippen molar-refractivity contribution in [2.75, 3.05) is 5.75 Å². The van der Waals surface area contributed by atoms with Gasteiger partial charge in [-0.25, -0.2) is 4.98 Å². The second kappa shape index (κ2) is 4.68. The highest BCUT2D eigenvalue weighted by Crippen LogP contribution is 2.35. The molecule has 14 heavy (non-hydrogen) atoms. The third-order valence-electron chi connectivity index (χ3n) is 1.52. The molecular weight excluding hydrogens is 211 g/mol. The molecule has 0 amide bonds. The van der Waals surface area contributed by atoms with Gasteiger partial charge in [0.2, 0.25) is 0 Å². The van der Waals surface area contributed by atoms with Gasteiger partial charge in [-0.2, -0.15) is 13.2 Å². The molecule has 0 aliphatic carbocycles. The predicted octanol–water partition coefficient (Wildman–Crippen LogP) is 3.60. The van der Waals surface area contributed by atoms with Gasteiger partial charge in [0, 0.05) is 6.20 Å². The lowest BCUT2D eigenvalue weighted by Gasteiger charge is -2.10. The van der Waals surface area contributed by atoms with E-state index in [2.05, 4.69) is 4.98 Å². The number of halogens is 3. The highest BCUT2D eigenvalue weighted by atomic mass is 32.2. The molecular formula is C9H10F3NS. The lowest BCUT2D eigenvalue weighted by atomic mass is 10.3. The Kier molecular flexibility index (Phi) is 3.80. The molecule has 0 saturated heterocycles. The first kappa shape index (κ1) is 11.4. The maximum Gasteiger partial charge on any atom is 0.419 e. The number of thioether (sulfide) groups is 1. The van der Waals surface area contributed by atoms with Gasteiger partial charge in [-0.15, -0.1) is 11.8 Å². The highest BCUT2D eigenvalue weighted by Gasteiger charge is 2.33. The smallest absolute Gasteiger partial charge is 0.249 e. The van der Waals surface area contributed by atoms with E-state index in [1.807, 2.05) is 6.92 Å². The van der Waals surface area contributed by atoms with Crippen molar-refractivity contribution in [3.8, 4) is 0 Å². The topological polar surface area (TPSA) is 12.9 Å². The molecule has 0 saturated carbocycles. The summed E-state index contributed by atoms with van der Waals surface area (Å²) < 4.78 is 37.3. The minimum atomic E-state index is -4.30. The van der Waals surface area contributed by atoms with Crippen LogP contribution in [0.4, 0.5) is 13.2 Å². The van der Waals surface area contributed by atoms with E-state index in [1.54, 1.807) is 0 Å². The lowest BCUT2D eigenvalue weighted by Crippen LogP contribution is -2.07. The molecule has 0 N–H and O–H groups in total. The third-order valence-corrected chi connectivity index (χ3v) is 2.73. The molecule has 0 unspecified atom stereocenters. The first-order valence-electron chi connectivity index (χ1n) is 4.20. The minimum absolute atomic E-state index is 0.0712. The van der Waals surface area contributed by atoms with E-state index in [0.717, 1.165) is 24.2 Å². The summed E-state index contributed by atoms with van der Waals surface area (Å²) in [5.41, 5.74) is -0.640. The fourth-order valence-electron chi connectivity index (χ4n) is 0.920. The van der Waals surface area contributed by atoms with Gasteiger partial charge in [-0.3, -0.25) is 0 Å². The van der Waals surface area contributed by atoms with Gasteiger partial charge in [-0.1, -0.05) is 6.92 Å². The Bertz CT molecular complexity index is 298. The fraction of sp³-hybridized carbons (Fsp3) is 0.444. The van der Waals surface area contributed by atoms with Crippen LogP contribution in [-0.2, 0) is 6.18 Å². The Morgan fingerprint density at radius 3 is 2.71 bits per heavy atom. The van der Waals surface area contributed by atoms with Crippen LogP contribution in [-0.4, -0.2) is 10.7 Å². The van der Waals surface area contributed by atoms with Crippen LogP contribution in [0.5, 0.6) is 0 Å². The van der Waals surface area contributed by atoms with Gasteiger partial charge in [0.25, 0.3) is 0 Å². The van der Waals surface area contributed by atoms with E-state index < -0.39 is 11.7 Å². The number of alkyl halides is 3. The SMILES string of the molecule is CCCSc1ncccc1C(F)(F)F. The van der Waals surface area contributed by atoms with Crippen molar-refractivity contribution in [1.82, 2.24) is 4.98 Å². The van der Waals surface area contributed by atoms with Crippen molar-refractivity contribution in [1.29, 1.82) is 0 Å². The Labute approximate surface area is 84.7 Å². The van der Waals surface area contributed by atoms with Crippen molar-refractivity contribution >= 4 is 11.8 Å². The van der Waals surface area contributed by atoms with Crippen LogP contribution in [0.15, 0.2) is 23.4 Å². The van der Waals surface area contributed by atoms with Crippen LogP contribution in [0.1, 0.15) is 18.9 Å². The van der Waals surface area contributed by atoms with Gasteiger partial charge in [0.1, 0.15) is 5.03 Å². The molecule has 0 atom stereocenters. The van der Waals surface area contributed by atoms with Gasteiger partial charge in [0.05, 0.1) is 5.56 Å². The molecule has 1 nitrogen and oxygen atoms in total. The molecule has 1 heterocycles. The Hall–Kier alpha value is -0.710. The molecule has 1 rings (SSSR count). The summed E-state index contributed by atoms with van der Waals surface area (Å²) in [5, 5.41) is 0.0712. The number of hydrogen-bond acceptors (Lipinski definition) is 2. The first-order valence-corrected chi connectivity index (χ1v) is 5.19. The maximum atomic E-state index is 12.4. The minimum Gasteiger partial charge on any atom is -0.249 e. The molecule has 0 bridgehead atoms. The van der Waals surface area contributed by atoms with Crippen molar-refractivity contribution in [3.05, 3.63) is 23.9 Å². The highest BCUT2D eigenvalue weighted by molar-refractivity contribution is 7.99. The average Bonchev–Trinajstić information content (AvgIpc) is 2.14. The summed E-state index contributed by atoms with van der Waals surface area (Å²) in [6, 6.07) is 2.36. The largest absolute Gasteiger partial charge is 0.419 e. The van der Waals surface area contributed by atoms with Crippen molar-refractivity contribution in [2.45, 2.75) is 24.5 Å². The van der Waals surface area contributed by atoms with E-state index in [-0.39, 0.29) is 5.03 Å². The first-order chi connectivity index (χ1) is 6.55.